The van der Waals surface area contributed by atoms with Crippen LogP contribution in [0, 0.1) is 12.8 Å². The minimum absolute atomic E-state index is 0.143. The maximum Gasteiger partial charge on any atom is 0.339 e. The minimum atomic E-state index is -0.570. The summed E-state index contributed by atoms with van der Waals surface area (Å²) in [6.07, 6.45) is 4.37. The van der Waals surface area contributed by atoms with Crippen molar-refractivity contribution in [2.45, 2.75) is 50.5 Å². The van der Waals surface area contributed by atoms with Crippen molar-refractivity contribution in [3.63, 3.8) is 0 Å². The van der Waals surface area contributed by atoms with Crippen LogP contribution in [-0.2, 0) is 14.3 Å². The number of nitrogens with one attached hydrogen (secondary N) is 2. The Bertz CT molecular complexity index is 945. The molecule has 2 aromatic carbocycles. The van der Waals surface area contributed by atoms with Gasteiger partial charge in [-0.15, -0.1) is 11.8 Å². The molecule has 2 aromatic rings. The Morgan fingerprint density at radius 1 is 1.00 bits per heavy atom. The first-order valence-corrected chi connectivity index (χ1v) is 12.0. The first-order valence-electron chi connectivity index (χ1n) is 11.0. The number of anilines is 1. The molecule has 170 valence electrons. The summed E-state index contributed by atoms with van der Waals surface area (Å²) in [4.78, 5) is 37.7. The third kappa shape index (κ3) is 7.12. The molecule has 2 atom stereocenters. The Hall–Kier alpha value is -2.80. The van der Waals surface area contributed by atoms with E-state index in [9.17, 15) is 14.4 Å². The summed E-state index contributed by atoms with van der Waals surface area (Å²) in [5.41, 5.74) is 2.19. The molecule has 1 aliphatic carbocycles. The quantitative estimate of drug-likeness (QED) is 0.451. The molecule has 0 radical (unpaired) electrons. The van der Waals surface area contributed by atoms with Gasteiger partial charge in [0.2, 0.25) is 5.91 Å². The van der Waals surface area contributed by atoms with Gasteiger partial charge in [-0.2, -0.15) is 0 Å². The maximum atomic E-state index is 12.6. The molecule has 0 unspecified atom stereocenters. The van der Waals surface area contributed by atoms with Crippen LogP contribution in [0.15, 0.2) is 53.4 Å². The van der Waals surface area contributed by atoms with E-state index in [2.05, 4.69) is 17.6 Å². The fourth-order valence-electron chi connectivity index (χ4n) is 3.73. The van der Waals surface area contributed by atoms with Gasteiger partial charge < -0.3 is 15.4 Å². The minimum Gasteiger partial charge on any atom is -0.452 e. The number of thioether (sulfide) groups is 1. The third-order valence-corrected chi connectivity index (χ3v) is 6.67. The lowest BCUT2D eigenvalue weighted by Gasteiger charge is -2.29. The van der Waals surface area contributed by atoms with Gasteiger partial charge in [0.25, 0.3) is 5.91 Å². The largest absolute Gasteiger partial charge is 0.452 e. The van der Waals surface area contributed by atoms with Gasteiger partial charge in [0.15, 0.2) is 6.61 Å². The number of rotatable bonds is 8. The van der Waals surface area contributed by atoms with E-state index < -0.39 is 5.97 Å². The predicted molar refractivity (Wildman–Crippen MR) is 127 cm³/mol. The normalized spacial score (nSPS) is 17.9. The van der Waals surface area contributed by atoms with Gasteiger partial charge in [-0.1, -0.05) is 49.6 Å². The summed E-state index contributed by atoms with van der Waals surface area (Å²) in [5, 5.41) is 5.82. The van der Waals surface area contributed by atoms with Gasteiger partial charge in [-0.25, -0.2) is 4.79 Å². The summed E-state index contributed by atoms with van der Waals surface area (Å²) in [5.74, 6) is -0.425. The van der Waals surface area contributed by atoms with Crippen LogP contribution in [0.4, 0.5) is 5.69 Å². The van der Waals surface area contributed by atoms with E-state index in [1.807, 2.05) is 31.2 Å². The highest BCUT2D eigenvalue weighted by atomic mass is 32.2. The predicted octanol–water partition coefficient (Wildman–Crippen LogP) is 4.58. The lowest BCUT2D eigenvalue weighted by molar-refractivity contribution is -0.125. The second kappa shape index (κ2) is 11.7. The topological polar surface area (TPSA) is 84.5 Å². The Labute approximate surface area is 193 Å². The summed E-state index contributed by atoms with van der Waals surface area (Å²) >= 11 is 1.26. The van der Waals surface area contributed by atoms with Gasteiger partial charge in [-0.3, -0.25) is 9.59 Å². The molecular formula is C25H30N2O4S. The molecule has 0 aromatic heterocycles. The molecule has 0 saturated heterocycles. The lowest BCUT2D eigenvalue weighted by atomic mass is 9.86. The summed E-state index contributed by atoms with van der Waals surface area (Å²) in [6, 6.07) is 14.6. The number of amides is 2. The maximum absolute atomic E-state index is 12.6. The lowest BCUT2D eigenvalue weighted by Crippen LogP contribution is -2.42. The average Bonchev–Trinajstić information content (AvgIpc) is 2.79. The number of esters is 1. The van der Waals surface area contributed by atoms with Crippen molar-refractivity contribution in [3.05, 3.63) is 59.7 Å². The molecule has 32 heavy (non-hydrogen) atoms. The van der Waals surface area contributed by atoms with E-state index >= 15 is 0 Å². The molecule has 0 spiro atoms. The van der Waals surface area contributed by atoms with Crippen molar-refractivity contribution < 1.29 is 19.1 Å². The molecule has 6 nitrogen and oxygen atoms in total. The van der Waals surface area contributed by atoms with Gasteiger partial charge in [0.05, 0.1) is 11.3 Å². The molecule has 0 aliphatic heterocycles. The average molecular weight is 455 g/mol. The fraction of sp³-hybridized carbons (Fsp3) is 0.400. The highest BCUT2D eigenvalue weighted by Gasteiger charge is 2.23. The van der Waals surface area contributed by atoms with E-state index in [0.29, 0.717) is 16.4 Å². The van der Waals surface area contributed by atoms with Gasteiger partial charge in [-0.05, 0) is 49.9 Å². The number of hydrogen-bond acceptors (Lipinski definition) is 5. The monoisotopic (exact) mass is 454 g/mol. The molecule has 0 heterocycles. The summed E-state index contributed by atoms with van der Waals surface area (Å²) in [6.45, 7) is 3.81. The molecule has 3 rings (SSSR count). The molecule has 0 bridgehead atoms. The zero-order valence-corrected chi connectivity index (χ0v) is 19.4. The first-order chi connectivity index (χ1) is 15.4. The first kappa shape index (κ1) is 23.9. The van der Waals surface area contributed by atoms with Crippen LogP contribution < -0.4 is 10.6 Å². The highest BCUT2D eigenvalue weighted by Crippen LogP contribution is 2.25. The zero-order chi connectivity index (χ0) is 22.9. The molecule has 1 saturated carbocycles. The van der Waals surface area contributed by atoms with Crippen molar-refractivity contribution in [2.24, 2.45) is 5.92 Å². The number of benzene rings is 2. The van der Waals surface area contributed by atoms with Crippen LogP contribution in [0.25, 0.3) is 0 Å². The Morgan fingerprint density at radius 3 is 2.47 bits per heavy atom. The number of aryl methyl sites for hydroxylation is 1. The third-order valence-electron chi connectivity index (χ3n) is 5.59. The van der Waals surface area contributed by atoms with Crippen molar-refractivity contribution >= 4 is 35.2 Å². The van der Waals surface area contributed by atoms with E-state index in [1.54, 1.807) is 24.3 Å². The van der Waals surface area contributed by atoms with Gasteiger partial charge in [0, 0.05) is 16.6 Å². The van der Waals surface area contributed by atoms with Crippen LogP contribution in [0.1, 0.15) is 48.5 Å². The molecule has 1 aliphatic rings. The van der Waals surface area contributed by atoms with Crippen molar-refractivity contribution in [1.82, 2.24) is 5.32 Å². The highest BCUT2D eigenvalue weighted by molar-refractivity contribution is 8.00. The number of hydrogen-bond donors (Lipinski definition) is 2. The Balaban J connectivity index is 1.50. The summed E-state index contributed by atoms with van der Waals surface area (Å²) < 4.78 is 5.26. The van der Waals surface area contributed by atoms with Crippen LogP contribution >= 0.6 is 11.8 Å². The summed E-state index contributed by atoms with van der Waals surface area (Å²) in [7, 11) is 0. The Kier molecular flexibility index (Phi) is 8.73. The van der Waals surface area contributed by atoms with E-state index in [1.165, 1.54) is 18.2 Å². The zero-order valence-electron chi connectivity index (χ0n) is 18.6. The van der Waals surface area contributed by atoms with E-state index in [-0.39, 0.29) is 30.2 Å². The van der Waals surface area contributed by atoms with Gasteiger partial charge in [0.1, 0.15) is 0 Å². The molecule has 2 N–H and O–H groups in total. The number of carbonyl (C=O) groups excluding carboxylic acids is 3. The fourth-order valence-corrected chi connectivity index (χ4v) is 4.57. The van der Waals surface area contributed by atoms with Crippen molar-refractivity contribution in [2.75, 3.05) is 17.7 Å². The molecule has 1 fully saturated rings. The Morgan fingerprint density at radius 2 is 1.72 bits per heavy atom. The standard InChI is InChI=1S/C25H30N2O4S/c1-17-11-13-19(14-12-17)26-24(29)16-32-22-10-6-4-8-20(22)25(30)31-15-23(28)27-21-9-5-3-7-18(21)2/h4,6,8,10-14,18,21H,3,5,7,9,15-16H2,1-2H3,(H,26,29)(H,27,28)/t18-,21+/m1/s1. The van der Waals surface area contributed by atoms with E-state index in [0.717, 1.165) is 30.5 Å². The van der Waals surface area contributed by atoms with Crippen LogP contribution in [0.2, 0.25) is 0 Å². The second-order valence-electron chi connectivity index (χ2n) is 8.21. The van der Waals surface area contributed by atoms with E-state index in [4.69, 9.17) is 4.74 Å². The molecule has 2 amide bonds. The number of carbonyl (C=O) groups is 3. The van der Waals surface area contributed by atoms with Crippen LogP contribution in [-0.4, -0.2) is 36.2 Å². The second-order valence-corrected chi connectivity index (χ2v) is 9.23. The SMILES string of the molecule is Cc1ccc(NC(=O)CSc2ccccc2C(=O)OCC(=O)N[C@H]2CCCC[C@H]2C)cc1. The van der Waals surface area contributed by atoms with Crippen LogP contribution in [0.5, 0.6) is 0 Å². The van der Waals surface area contributed by atoms with Crippen LogP contribution in [0.3, 0.4) is 0 Å². The van der Waals surface area contributed by atoms with Gasteiger partial charge >= 0.3 is 5.97 Å². The number of ether oxygens (including phenoxy) is 1. The van der Waals surface area contributed by atoms with Crippen molar-refractivity contribution in [1.29, 1.82) is 0 Å². The molecule has 7 heteroatoms. The smallest absolute Gasteiger partial charge is 0.339 e. The van der Waals surface area contributed by atoms with Crippen molar-refractivity contribution in [3.8, 4) is 0 Å². The molecular weight excluding hydrogens is 424 g/mol.